The van der Waals surface area contributed by atoms with Crippen molar-refractivity contribution in [2.75, 3.05) is 13.7 Å². The zero-order valence-electron chi connectivity index (χ0n) is 8.22. The van der Waals surface area contributed by atoms with Crippen LogP contribution in [0.4, 0.5) is 0 Å². The number of nitrogens with zero attached hydrogens (tertiary/aromatic N) is 3. The lowest BCUT2D eigenvalue weighted by Gasteiger charge is -2.11. The van der Waals surface area contributed by atoms with Crippen molar-refractivity contribution in [2.45, 2.75) is 24.4 Å². The van der Waals surface area contributed by atoms with E-state index in [1.165, 1.54) is 0 Å². The van der Waals surface area contributed by atoms with Crippen LogP contribution >= 0.6 is 15.9 Å². The van der Waals surface area contributed by atoms with Crippen molar-refractivity contribution in [3.8, 4) is 0 Å². The monoisotopic (exact) mass is 263 g/mol. The zero-order valence-corrected chi connectivity index (χ0v) is 9.81. The van der Waals surface area contributed by atoms with Gasteiger partial charge < -0.3 is 9.84 Å². The van der Waals surface area contributed by atoms with E-state index < -0.39 is 6.10 Å². The van der Waals surface area contributed by atoms with Crippen LogP contribution in [-0.4, -0.2) is 39.9 Å². The van der Waals surface area contributed by atoms with Gasteiger partial charge in [-0.25, -0.2) is 4.68 Å². The van der Waals surface area contributed by atoms with E-state index in [1.54, 1.807) is 24.9 Å². The molecular weight excluding hydrogens is 250 g/mol. The fraction of sp³-hybridized carbons (Fsp3) is 0.750. The van der Waals surface area contributed by atoms with Gasteiger partial charge in [-0.15, -0.1) is 5.10 Å². The second kappa shape index (κ2) is 5.43. The Morgan fingerprint density at radius 2 is 2.43 bits per heavy atom. The maximum atomic E-state index is 9.23. The Morgan fingerprint density at radius 1 is 1.71 bits per heavy atom. The second-order valence-electron chi connectivity index (χ2n) is 3.11. The van der Waals surface area contributed by atoms with Crippen LogP contribution in [0.5, 0.6) is 0 Å². The Bertz CT molecular complexity index is 277. The molecule has 0 spiro atoms. The van der Waals surface area contributed by atoms with Crippen LogP contribution in [0, 0.1) is 0 Å². The van der Waals surface area contributed by atoms with Gasteiger partial charge in [-0.3, -0.25) is 0 Å². The van der Waals surface area contributed by atoms with Gasteiger partial charge in [-0.05, 0) is 6.92 Å². The summed E-state index contributed by atoms with van der Waals surface area (Å²) in [6.45, 7) is 2.71. The van der Waals surface area contributed by atoms with Crippen molar-refractivity contribution < 1.29 is 9.84 Å². The number of aliphatic hydroxyl groups is 1. The number of halogens is 1. The van der Waals surface area contributed by atoms with Crippen LogP contribution in [0.15, 0.2) is 6.20 Å². The normalized spacial score (nSPS) is 15.4. The largest absolute Gasteiger partial charge is 0.391 e. The summed E-state index contributed by atoms with van der Waals surface area (Å²) in [5.41, 5.74) is 0.910. The molecular formula is C8H14BrN3O2. The summed E-state index contributed by atoms with van der Waals surface area (Å²) in [5.74, 6) is 0. The molecule has 80 valence electrons. The lowest BCUT2D eigenvalue weighted by Crippen LogP contribution is -2.17. The summed E-state index contributed by atoms with van der Waals surface area (Å²) in [5, 5.41) is 16.9. The Kier molecular flexibility index (Phi) is 4.50. The van der Waals surface area contributed by atoms with Crippen LogP contribution in [0.2, 0.25) is 0 Å². The molecule has 0 bridgehead atoms. The first kappa shape index (κ1) is 11.6. The minimum Gasteiger partial charge on any atom is -0.391 e. The van der Waals surface area contributed by atoms with Crippen molar-refractivity contribution in [3.05, 3.63) is 11.9 Å². The molecule has 0 aliphatic heterocycles. The number of aromatic nitrogens is 3. The van der Waals surface area contributed by atoms with Gasteiger partial charge in [0.1, 0.15) is 0 Å². The first-order valence-electron chi connectivity index (χ1n) is 4.34. The third-order valence-corrected chi connectivity index (χ3v) is 2.45. The SMILES string of the molecule is COCC(Br)c1cnnn1CC(C)O. The molecule has 5 nitrogen and oxygen atoms in total. The number of aliphatic hydroxyl groups excluding tert-OH is 1. The highest BCUT2D eigenvalue weighted by atomic mass is 79.9. The highest BCUT2D eigenvalue weighted by Gasteiger charge is 2.14. The molecule has 0 aromatic carbocycles. The van der Waals surface area contributed by atoms with Gasteiger partial charge in [0, 0.05) is 7.11 Å². The van der Waals surface area contributed by atoms with Crippen molar-refractivity contribution in [1.82, 2.24) is 15.0 Å². The maximum absolute atomic E-state index is 9.23. The Morgan fingerprint density at radius 3 is 3.00 bits per heavy atom. The topological polar surface area (TPSA) is 60.2 Å². The summed E-state index contributed by atoms with van der Waals surface area (Å²) < 4.78 is 6.68. The lowest BCUT2D eigenvalue weighted by molar-refractivity contribution is 0.163. The molecule has 0 aliphatic rings. The van der Waals surface area contributed by atoms with Gasteiger partial charge in [0.2, 0.25) is 0 Å². The van der Waals surface area contributed by atoms with Crippen LogP contribution in [0.3, 0.4) is 0 Å². The summed E-state index contributed by atoms with van der Waals surface area (Å²) in [6, 6.07) is 0. The predicted octanol–water partition coefficient (Wildman–Crippen LogP) is 0.741. The minimum atomic E-state index is -0.433. The number of ether oxygens (including phenoxy) is 1. The molecule has 2 atom stereocenters. The molecule has 0 saturated heterocycles. The van der Waals surface area contributed by atoms with E-state index in [9.17, 15) is 5.11 Å². The van der Waals surface area contributed by atoms with E-state index in [0.717, 1.165) is 5.69 Å². The first-order chi connectivity index (χ1) is 6.65. The van der Waals surface area contributed by atoms with Crippen LogP contribution in [0.1, 0.15) is 17.4 Å². The molecule has 0 fully saturated rings. The van der Waals surface area contributed by atoms with E-state index in [2.05, 4.69) is 26.2 Å². The second-order valence-corrected chi connectivity index (χ2v) is 4.22. The third kappa shape index (κ3) is 3.04. The Hall–Kier alpha value is -0.460. The van der Waals surface area contributed by atoms with E-state index in [1.807, 2.05) is 0 Å². The molecule has 6 heteroatoms. The molecule has 0 saturated carbocycles. The van der Waals surface area contributed by atoms with Gasteiger partial charge >= 0.3 is 0 Å². The fourth-order valence-electron chi connectivity index (χ4n) is 1.13. The lowest BCUT2D eigenvalue weighted by atomic mass is 10.3. The molecule has 1 aromatic rings. The van der Waals surface area contributed by atoms with E-state index >= 15 is 0 Å². The maximum Gasteiger partial charge on any atom is 0.0814 e. The average Bonchev–Trinajstić information content (AvgIpc) is 2.51. The highest BCUT2D eigenvalue weighted by Crippen LogP contribution is 2.21. The van der Waals surface area contributed by atoms with Gasteiger partial charge in [0.05, 0.1) is 36.0 Å². The van der Waals surface area contributed by atoms with Crippen LogP contribution in [-0.2, 0) is 11.3 Å². The van der Waals surface area contributed by atoms with Crippen molar-refractivity contribution >= 4 is 15.9 Å². The van der Waals surface area contributed by atoms with Crippen molar-refractivity contribution in [2.24, 2.45) is 0 Å². The molecule has 14 heavy (non-hydrogen) atoms. The smallest absolute Gasteiger partial charge is 0.0814 e. The Balaban J connectivity index is 2.70. The fourth-order valence-corrected chi connectivity index (χ4v) is 1.75. The predicted molar refractivity (Wildman–Crippen MR) is 55.2 cm³/mol. The molecule has 2 unspecified atom stereocenters. The summed E-state index contributed by atoms with van der Waals surface area (Å²) >= 11 is 3.46. The molecule has 1 rings (SSSR count). The number of hydrogen-bond acceptors (Lipinski definition) is 4. The van der Waals surface area contributed by atoms with Gasteiger partial charge in [0.15, 0.2) is 0 Å². The average molecular weight is 264 g/mol. The van der Waals surface area contributed by atoms with Crippen molar-refractivity contribution in [3.63, 3.8) is 0 Å². The number of methoxy groups -OCH3 is 1. The molecule has 0 radical (unpaired) electrons. The number of rotatable bonds is 5. The molecule has 0 aliphatic carbocycles. The quantitative estimate of drug-likeness (QED) is 0.797. The highest BCUT2D eigenvalue weighted by molar-refractivity contribution is 9.09. The summed E-state index contributed by atoms with van der Waals surface area (Å²) in [6.07, 6.45) is 1.23. The molecule has 1 aromatic heterocycles. The minimum absolute atomic E-state index is 0.0567. The first-order valence-corrected chi connectivity index (χ1v) is 5.26. The van der Waals surface area contributed by atoms with E-state index in [0.29, 0.717) is 13.2 Å². The van der Waals surface area contributed by atoms with Gasteiger partial charge in [-0.1, -0.05) is 21.1 Å². The summed E-state index contributed by atoms with van der Waals surface area (Å²) in [4.78, 5) is 0.0567. The van der Waals surface area contributed by atoms with Crippen LogP contribution in [0.25, 0.3) is 0 Å². The molecule has 1 N–H and O–H groups in total. The Labute approximate surface area is 91.2 Å². The van der Waals surface area contributed by atoms with E-state index in [4.69, 9.17) is 4.74 Å². The summed E-state index contributed by atoms with van der Waals surface area (Å²) in [7, 11) is 1.64. The zero-order chi connectivity index (χ0) is 10.6. The number of alkyl halides is 1. The van der Waals surface area contributed by atoms with Crippen molar-refractivity contribution in [1.29, 1.82) is 0 Å². The molecule has 0 amide bonds. The van der Waals surface area contributed by atoms with Crippen LogP contribution < -0.4 is 0 Å². The number of hydrogen-bond donors (Lipinski definition) is 1. The van der Waals surface area contributed by atoms with Gasteiger partial charge in [0.25, 0.3) is 0 Å². The third-order valence-electron chi connectivity index (χ3n) is 1.72. The van der Waals surface area contributed by atoms with Gasteiger partial charge in [-0.2, -0.15) is 0 Å². The standard InChI is InChI=1S/C8H14BrN3O2/c1-6(13)4-12-8(3-10-11-12)7(9)5-14-2/h3,6-7,13H,4-5H2,1-2H3. The van der Waals surface area contributed by atoms with E-state index in [-0.39, 0.29) is 4.83 Å². The molecule has 1 heterocycles.